The average molecular weight is 376 g/mol. The van der Waals surface area contributed by atoms with Gasteiger partial charge in [0.05, 0.1) is 22.7 Å². The quantitative estimate of drug-likeness (QED) is 0.810. The maximum Gasteiger partial charge on any atom is 0.264 e. The standard InChI is InChI=1S/C19H24N2O4S/c1-14-5-11-17(12-6-14)26(24,25)21(4)16-9-7-15(8-10-16)18(23)20-19(2,3)13-22/h5-12,22H,13H2,1-4H3,(H,20,23). The van der Waals surface area contributed by atoms with Gasteiger partial charge >= 0.3 is 0 Å². The molecule has 7 heteroatoms. The molecule has 2 N–H and O–H groups in total. The number of rotatable bonds is 6. The number of carbonyl (C=O) groups is 1. The van der Waals surface area contributed by atoms with Crippen molar-refractivity contribution in [3.8, 4) is 0 Å². The van der Waals surface area contributed by atoms with Crippen molar-refractivity contribution in [1.29, 1.82) is 0 Å². The highest BCUT2D eigenvalue weighted by molar-refractivity contribution is 7.92. The number of hydrogen-bond acceptors (Lipinski definition) is 4. The number of amides is 1. The number of aliphatic hydroxyl groups excluding tert-OH is 1. The van der Waals surface area contributed by atoms with E-state index in [4.69, 9.17) is 0 Å². The van der Waals surface area contributed by atoms with E-state index in [1.807, 2.05) is 6.92 Å². The Balaban J connectivity index is 2.22. The molecular weight excluding hydrogens is 352 g/mol. The van der Waals surface area contributed by atoms with Gasteiger partial charge in [0.2, 0.25) is 0 Å². The number of nitrogens with zero attached hydrogens (tertiary/aromatic N) is 1. The van der Waals surface area contributed by atoms with Gasteiger partial charge < -0.3 is 10.4 Å². The number of anilines is 1. The summed E-state index contributed by atoms with van der Waals surface area (Å²) in [6.07, 6.45) is 0. The SMILES string of the molecule is Cc1ccc(S(=O)(=O)N(C)c2ccc(C(=O)NC(C)(C)CO)cc2)cc1. The largest absolute Gasteiger partial charge is 0.394 e. The number of aliphatic hydroxyl groups is 1. The van der Waals surface area contributed by atoms with E-state index in [9.17, 15) is 18.3 Å². The van der Waals surface area contributed by atoms with Crippen LogP contribution in [0.25, 0.3) is 0 Å². The molecule has 1 amide bonds. The van der Waals surface area contributed by atoms with Crippen LogP contribution in [0.3, 0.4) is 0 Å². The Labute approximate surface area is 154 Å². The molecule has 2 aromatic rings. The minimum Gasteiger partial charge on any atom is -0.394 e. The van der Waals surface area contributed by atoms with Crippen LogP contribution in [0.15, 0.2) is 53.4 Å². The Morgan fingerprint density at radius 3 is 2.12 bits per heavy atom. The third-order valence-corrected chi connectivity index (χ3v) is 5.82. The highest BCUT2D eigenvalue weighted by Gasteiger charge is 2.22. The lowest BCUT2D eigenvalue weighted by atomic mass is 10.1. The van der Waals surface area contributed by atoms with Crippen LogP contribution in [0.5, 0.6) is 0 Å². The summed E-state index contributed by atoms with van der Waals surface area (Å²) in [6.45, 7) is 5.12. The van der Waals surface area contributed by atoms with Gasteiger partial charge in [-0.1, -0.05) is 17.7 Å². The first-order valence-electron chi connectivity index (χ1n) is 8.16. The van der Waals surface area contributed by atoms with Gasteiger partial charge in [-0.15, -0.1) is 0 Å². The Morgan fingerprint density at radius 1 is 1.08 bits per heavy atom. The van der Waals surface area contributed by atoms with E-state index in [2.05, 4.69) is 5.32 Å². The molecule has 0 bridgehead atoms. The van der Waals surface area contributed by atoms with E-state index in [1.54, 1.807) is 62.4 Å². The number of sulfonamides is 1. The summed E-state index contributed by atoms with van der Waals surface area (Å²) in [5, 5.41) is 11.9. The van der Waals surface area contributed by atoms with Gasteiger partial charge in [-0.25, -0.2) is 8.42 Å². The molecule has 0 aliphatic rings. The maximum absolute atomic E-state index is 12.7. The van der Waals surface area contributed by atoms with E-state index in [0.717, 1.165) is 5.56 Å². The van der Waals surface area contributed by atoms with E-state index >= 15 is 0 Å². The lowest BCUT2D eigenvalue weighted by Gasteiger charge is -2.24. The predicted octanol–water partition coefficient (Wildman–Crippen LogP) is 2.32. The summed E-state index contributed by atoms with van der Waals surface area (Å²) in [6, 6.07) is 12.9. The highest BCUT2D eigenvalue weighted by atomic mass is 32.2. The first-order chi connectivity index (χ1) is 12.1. The van der Waals surface area contributed by atoms with E-state index in [0.29, 0.717) is 11.3 Å². The van der Waals surface area contributed by atoms with E-state index < -0.39 is 15.6 Å². The van der Waals surface area contributed by atoms with Gasteiger partial charge in [0.15, 0.2) is 0 Å². The van der Waals surface area contributed by atoms with Crippen LogP contribution in [-0.2, 0) is 10.0 Å². The Hall–Kier alpha value is -2.38. The van der Waals surface area contributed by atoms with Gasteiger partial charge in [0, 0.05) is 12.6 Å². The van der Waals surface area contributed by atoms with Crippen molar-refractivity contribution in [2.75, 3.05) is 18.0 Å². The molecule has 2 aromatic carbocycles. The van der Waals surface area contributed by atoms with Gasteiger partial charge in [-0.3, -0.25) is 9.10 Å². The molecule has 140 valence electrons. The zero-order valence-electron chi connectivity index (χ0n) is 15.4. The van der Waals surface area contributed by atoms with Crippen LogP contribution < -0.4 is 9.62 Å². The van der Waals surface area contributed by atoms with Crippen molar-refractivity contribution < 1.29 is 18.3 Å². The van der Waals surface area contributed by atoms with Crippen molar-refractivity contribution in [3.63, 3.8) is 0 Å². The topological polar surface area (TPSA) is 86.7 Å². The number of carbonyl (C=O) groups excluding carboxylic acids is 1. The molecule has 0 aliphatic carbocycles. The fourth-order valence-corrected chi connectivity index (χ4v) is 3.44. The van der Waals surface area contributed by atoms with Crippen LogP contribution in [0.2, 0.25) is 0 Å². The van der Waals surface area contributed by atoms with Crippen LogP contribution in [-0.4, -0.2) is 38.6 Å². The zero-order valence-corrected chi connectivity index (χ0v) is 16.2. The molecule has 2 rings (SSSR count). The van der Waals surface area contributed by atoms with Crippen LogP contribution in [0, 0.1) is 6.92 Å². The lowest BCUT2D eigenvalue weighted by Crippen LogP contribution is -2.46. The Morgan fingerprint density at radius 2 is 1.62 bits per heavy atom. The molecule has 0 aliphatic heterocycles. The second-order valence-electron chi connectivity index (χ2n) is 6.83. The Kier molecular flexibility index (Phi) is 5.73. The molecule has 6 nitrogen and oxygen atoms in total. The second-order valence-corrected chi connectivity index (χ2v) is 8.80. The van der Waals surface area contributed by atoms with E-state index in [-0.39, 0.29) is 17.4 Å². The molecule has 0 aromatic heterocycles. The van der Waals surface area contributed by atoms with Gasteiger partial charge in [-0.05, 0) is 57.2 Å². The third-order valence-electron chi connectivity index (χ3n) is 4.02. The van der Waals surface area contributed by atoms with Crippen molar-refractivity contribution in [1.82, 2.24) is 5.32 Å². The molecule has 0 heterocycles. The summed E-state index contributed by atoms with van der Waals surface area (Å²) >= 11 is 0. The maximum atomic E-state index is 12.7. The normalized spacial score (nSPS) is 11.9. The molecule has 0 radical (unpaired) electrons. The van der Waals surface area contributed by atoms with E-state index in [1.165, 1.54) is 11.4 Å². The number of hydrogen-bond donors (Lipinski definition) is 2. The van der Waals surface area contributed by atoms with Crippen molar-refractivity contribution in [3.05, 3.63) is 59.7 Å². The second kappa shape index (κ2) is 7.47. The number of benzene rings is 2. The highest BCUT2D eigenvalue weighted by Crippen LogP contribution is 2.22. The smallest absolute Gasteiger partial charge is 0.264 e. The van der Waals surface area contributed by atoms with Crippen LogP contribution >= 0.6 is 0 Å². The minimum atomic E-state index is -3.67. The zero-order chi connectivity index (χ0) is 19.5. The fraction of sp³-hybridized carbons (Fsp3) is 0.316. The fourth-order valence-electron chi connectivity index (χ4n) is 2.25. The molecule has 0 saturated carbocycles. The summed E-state index contributed by atoms with van der Waals surface area (Å²) in [4.78, 5) is 12.4. The number of nitrogens with one attached hydrogen (secondary N) is 1. The van der Waals surface area contributed by atoms with Crippen molar-refractivity contribution >= 4 is 21.6 Å². The molecule has 0 saturated heterocycles. The minimum absolute atomic E-state index is 0.186. The third kappa shape index (κ3) is 4.42. The summed E-state index contributed by atoms with van der Waals surface area (Å²) in [7, 11) is -2.20. The van der Waals surface area contributed by atoms with Crippen molar-refractivity contribution in [2.24, 2.45) is 0 Å². The summed E-state index contributed by atoms with van der Waals surface area (Å²) in [5.41, 5.74) is 1.08. The van der Waals surface area contributed by atoms with Gasteiger partial charge in [0.1, 0.15) is 0 Å². The molecule has 0 atom stereocenters. The molecular formula is C19H24N2O4S. The molecule has 26 heavy (non-hydrogen) atoms. The Bertz CT molecular complexity index is 873. The van der Waals surface area contributed by atoms with Crippen molar-refractivity contribution in [2.45, 2.75) is 31.2 Å². The summed E-state index contributed by atoms with van der Waals surface area (Å²) in [5.74, 6) is -0.334. The molecule has 0 spiro atoms. The average Bonchev–Trinajstić information content (AvgIpc) is 2.61. The summed E-state index contributed by atoms with van der Waals surface area (Å²) < 4.78 is 26.6. The molecule has 0 unspecified atom stereocenters. The van der Waals surface area contributed by atoms with Crippen LogP contribution in [0.1, 0.15) is 29.8 Å². The first kappa shape index (κ1) is 19.9. The van der Waals surface area contributed by atoms with Gasteiger partial charge in [-0.2, -0.15) is 0 Å². The first-order valence-corrected chi connectivity index (χ1v) is 9.60. The molecule has 0 fully saturated rings. The van der Waals surface area contributed by atoms with Crippen LogP contribution in [0.4, 0.5) is 5.69 Å². The monoisotopic (exact) mass is 376 g/mol. The lowest BCUT2D eigenvalue weighted by molar-refractivity contribution is 0.0869. The number of aryl methyl sites for hydroxylation is 1. The van der Waals surface area contributed by atoms with Gasteiger partial charge in [0.25, 0.3) is 15.9 Å². The predicted molar refractivity (Wildman–Crippen MR) is 102 cm³/mol.